The van der Waals surface area contributed by atoms with Crippen LogP contribution in [-0.2, 0) is 21.5 Å². The second kappa shape index (κ2) is 9.79. The molecule has 0 amide bonds. The number of benzene rings is 1. The summed E-state index contributed by atoms with van der Waals surface area (Å²) in [6.45, 7) is 1.48. The van der Waals surface area contributed by atoms with Crippen molar-refractivity contribution in [3.05, 3.63) is 52.6 Å². The number of rotatable bonds is 10. The molecule has 0 aliphatic heterocycles. The molecule has 0 saturated carbocycles. The topological polar surface area (TPSA) is 181 Å². The van der Waals surface area contributed by atoms with Gasteiger partial charge in [0.05, 0.1) is 12.9 Å². The van der Waals surface area contributed by atoms with Gasteiger partial charge in [0.25, 0.3) is 14.1 Å². The average molecular weight is 452 g/mol. The molecule has 31 heavy (non-hydrogen) atoms. The van der Waals surface area contributed by atoms with Crippen LogP contribution in [0.2, 0.25) is 0 Å². The molecule has 7 N–H and O–H groups in total. The van der Waals surface area contributed by atoms with E-state index in [9.17, 15) is 19.9 Å². The third-order valence-electron chi connectivity index (χ3n) is 4.75. The summed E-state index contributed by atoms with van der Waals surface area (Å²) in [6, 6.07) is 9.45. The highest BCUT2D eigenvalue weighted by atomic mass is 31.2. The normalized spacial score (nSPS) is 16.7. The van der Waals surface area contributed by atoms with Crippen LogP contribution in [0.4, 0.5) is 5.95 Å². The Bertz CT molecular complexity index is 1060. The number of H-pyrrole nitrogens is 1. The number of aromatic nitrogens is 4. The van der Waals surface area contributed by atoms with Gasteiger partial charge in [-0.3, -0.25) is 14.3 Å². The van der Waals surface area contributed by atoms with Crippen molar-refractivity contribution < 1.29 is 24.4 Å². The van der Waals surface area contributed by atoms with Crippen LogP contribution in [0.1, 0.15) is 12.5 Å². The quantitative estimate of drug-likeness (QED) is 0.225. The van der Waals surface area contributed by atoms with Gasteiger partial charge in [0.1, 0.15) is 12.2 Å². The van der Waals surface area contributed by atoms with E-state index in [4.69, 9.17) is 15.0 Å². The van der Waals surface area contributed by atoms with Crippen LogP contribution in [0, 0.1) is 0 Å². The standard InChI is InChI=1S/C18H25N6O6P/c1-18(27,24-10-20-13-15(24)22-17(19)23-16(13)26)14(25)12(29-2)9-30-31(28)21-8-11-6-4-3-5-7-11/h3-7,10,12,14,21,25,27-28H,8-9H2,1-2H3,(H3,19,22,23,26). The smallest absolute Gasteiger partial charge is 0.280 e. The third-order valence-corrected chi connectivity index (χ3v) is 5.57. The maximum Gasteiger partial charge on any atom is 0.280 e. The fourth-order valence-corrected chi connectivity index (χ4v) is 3.68. The molecular formula is C18H25N6O6P. The summed E-state index contributed by atoms with van der Waals surface area (Å²) < 4.78 is 11.8. The third kappa shape index (κ3) is 5.25. The minimum absolute atomic E-state index is 0.00462. The Balaban J connectivity index is 1.67. The lowest BCUT2D eigenvalue weighted by Gasteiger charge is -2.34. The van der Waals surface area contributed by atoms with Crippen LogP contribution in [0.25, 0.3) is 11.2 Å². The Kier molecular flexibility index (Phi) is 7.34. The Morgan fingerprint density at radius 1 is 1.39 bits per heavy atom. The van der Waals surface area contributed by atoms with Crippen LogP contribution in [0.3, 0.4) is 0 Å². The Labute approximate surface area is 178 Å². The van der Waals surface area contributed by atoms with Crippen LogP contribution < -0.4 is 16.4 Å². The Morgan fingerprint density at radius 3 is 2.77 bits per heavy atom. The molecule has 4 unspecified atom stereocenters. The van der Waals surface area contributed by atoms with Gasteiger partial charge >= 0.3 is 0 Å². The molecule has 0 aliphatic carbocycles. The van der Waals surface area contributed by atoms with Crippen LogP contribution >= 0.6 is 8.53 Å². The minimum Gasteiger partial charge on any atom is -0.385 e. The summed E-state index contributed by atoms with van der Waals surface area (Å²) in [4.78, 5) is 32.3. The maximum absolute atomic E-state index is 12.0. The van der Waals surface area contributed by atoms with Crippen molar-refractivity contribution in [1.82, 2.24) is 24.6 Å². The van der Waals surface area contributed by atoms with Crippen LogP contribution in [0.5, 0.6) is 0 Å². The number of nitrogens with two attached hydrogens (primary N) is 1. The van der Waals surface area contributed by atoms with Gasteiger partial charge in [-0.15, -0.1) is 0 Å². The zero-order chi connectivity index (χ0) is 22.6. The fourth-order valence-electron chi connectivity index (χ4n) is 2.99. The summed E-state index contributed by atoms with van der Waals surface area (Å²) in [5, 5.41) is 24.6. The molecule has 2 heterocycles. The number of aliphatic hydroxyl groups is 2. The number of aromatic amines is 1. The predicted octanol–water partition coefficient (Wildman–Crippen LogP) is -0.232. The SMILES string of the molecule is COC(COP(O)NCc1ccccc1)C(O)C(C)(O)n1cnc2c(=O)[nH]c(N)nc21. The lowest BCUT2D eigenvalue weighted by Crippen LogP contribution is -2.50. The minimum atomic E-state index is -2.00. The van der Waals surface area contributed by atoms with Gasteiger partial charge in [-0.25, -0.2) is 10.1 Å². The molecule has 0 saturated heterocycles. The molecule has 3 rings (SSSR count). The molecule has 2 aromatic heterocycles. The van der Waals surface area contributed by atoms with Gasteiger partial charge < -0.3 is 30.1 Å². The molecule has 0 spiro atoms. The van der Waals surface area contributed by atoms with E-state index in [0.717, 1.165) is 10.1 Å². The molecule has 4 atom stereocenters. The van der Waals surface area contributed by atoms with E-state index in [2.05, 4.69) is 20.0 Å². The molecule has 0 radical (unpaired) electrons. The van der Waals surface area contributed by atoms with Crippen molar-refractivity contribution in [3.63, 3.8) is 0 Å². The molecule has 3 aromatic rings. The highest BCUT2D eigenvalue weighted by molar-refractivity contribution is 7.43. The van der Waals surface area contributed by atoms with Gasteiger partial charge in [-0.05, 0) is 12.5 Å². The summed E-state index contributed by atoms with van der Waals surface area (Å²) in [6.07, 6.45) is -1.39. The Hall–Kier alpha value is -2.44. The average Bonchev–Trinajstić information content (AvgIpc) is 3.18. The summed E-state index contributed by atoms with van der Waals surface area (Å²) in [5.41, 5.74) is 3.94. The number of nitrogen functional groups attached to an aromatic ring is 1. The highest BCUT2D eigenvalue weighted by Gasteiger charge is 2.40. The number of imidazole rings is 1. The van der Waals surface area contributed by atoms with Gasteiger partial charge in [-0.2, -0.15) is 4.98 Å². The second-order valence-electron chi connectivity index (χ2n) is 6.94. The summed E-state index contributed by atoms with van der Waals surface area (Å²) in [5.74, 6) is -0.161. The molecular weight excluding hydrogens is 427 g/mol. The number of ether oxygens (including phenoxy) is 1. The highest BCUT2D eigenvalue weighted by Crippen LogP contribution is 2.30. The predicted molar refractivity (Wildman–Crippen MR) is 114 cm³/mol. The van der Waals surface area contributed by atoms with Gasteiger partial charge in [0, 0.05) is 13.7 Å². The van der Waals surface area contributed by atoms with E-state index in [1.54, 1.807) is 0 Å². The van der Waals surface area contributed by atoms with E-state index in [1.807, 2.05) is 30.3 Å². The molecule has 168 valence electrons. The van der Waals surface area contributed by atoms with Crippen molar-refractivity contribution in [1.29, 1.82) is 0 Å². The number of fused-ring (bicyclic) bond motifs is 1. The molecule has 13 heteroatoms. The maximum atomic E-state index is 12.0. The molecule has 0 aliphatic rings. The molecule has 1 aromatic carbocycles. The van der Waals surface area contributed by atoms with E-state index in [1.165, 1.54) is 20.4 Å². The summed E-state index contributed by atoms with van der Waals surface area (Å²) in [7, 11) is -0.671. The molecule has 0 bridgehead atoms. The zero-order valence-electron chi connectivity index (χ0n) is 17.0. The second-order valence-corrected chi connectivity index (χ2v) is 8.06. The first-order chi connectivity index (χ1) is 14.7. The lowest BCUT2D eigenvalue weighted by molar-refractivity contribution is -0.173. The fraction of sp³-hybridized carbons (Fsp3) is 0.389. The monoisotopic (exact) mass is 452 g/mol. The van der Waals surface area contributed by atoms with E-state index < -0.39 is 32.0 Å². The number of methoxy groups -OCH3 is 1. The molecule has 0 fully saturated rings. The number of hydrogen-bond acceptors (Lipinski definition) is 10. The van der Waals surface area contributed by atoms with Crippen molar-refractivity contribution in [2.24, 2.45) is 0 Å². The number of anilines is 1. The number of nitrogens with one attached hydrogen (secondary N) is 2. The number of nitrogens with zero attached hydrogens (tertiary/aromatic N) is 3. The van der Waals surface area contributed by atoms with Gasteiger partial charge in [0.2, 0.25) is 5.95 Å². The number of aliphatic hydroxyl groups excluding tert-OH is 1. The largest absolute Gasteiger partial charge is 0.385 e. The van der Waals surface area contributed by atoms with Crippen LogP contribution in [-0.4, -0.2) is 60.6 Å². The van der Waals surface area contributed by atoms with E-state index in [0.29, 0.717) is 6.54 Å². The first kappa shape index (κ1) is 23.2. The van der Waals surface area contributed by atoms with Crippen molar-refractivity contribution in [2.75, 3.05) is 19.5 Å². The zero-order valence-corrected chi connectivity index (χ0v) is 17.9. The van der Waals surface area contributed by atoms with E-state index in [-0.39, 0.29) is 23.7 Å². The van der Waals surface area contributed by atoms with Gasteiger partial charge in [0.15, 0.2) is 16.9 Å². The van der Waals surface area contributed by atoms with Gasteiger partial charge in [-0.1, -0.05) is 30.3 Å². The number of hydrogen-bond donors (Lipinski definition) is 6. The Morgan fingerprint density at radius 2 is 2.10 bits per heavy atom. The summed E-state index contributed by atoms with van der Waals surface area (Å²) >= 11 is 0. The van der Waals surface area contributed by atoms with Crippen molar-refractivity contribution >= 4 is 25.6 Å². The van der Waals surface area contributed by atoms with E-state index >= 15 is 0 Å². The molecule has 12 nitrogen and oxygen atoms in total. The van der Waals surface area contributed by atoms with Crippen molar-refractivity contribution in [2.45, 2.75) is 31.4 Å². The first-order valence-corrected chi connectivity index (χ1v) is 10.5. The first-order valence-electron chi connectivity index (χ1n) is 9.30. The van der Waals surface area contributed by atoms with Crippen molar-refractivity contribution in [3.8, 4) is 0 Å². The van der Waals surface area contributed by atoms with Crippen LogP contribution in [0.15, 0.2) is 41.5 Å². The lowest BCUT2D eigenvalue weighted by atomic mass is 10.0.